The van der Waals surface area contributed by atoms with Crippen LogP contribution in [0.4, 0.5) is 8.78 Å². The second kappa shape index (κ2) is 9.65. The molecule has 0 radical (unpaired) electrons. The van der Waals surface area contributed by atoms with E-state index in [-0.39, 0.29) is 29.9 Å². The van der Waals surface area contributed by atoms with E-state index in [9.17, 15) is 13.9 Å². The molecule has 2 atom stereocenters. The minimum absolute atomic E-state index is 0.0857. The van der Waals surface area contributed by atoms with Gasteiger partial charge in [0.2, 0.25) is 0 Å². The molecule has 0 saturated carbocycles. The predicted octanol–water partition coefficient (Wildman–Crippen LogP) is 6.49. The van der Waals surface area contributed by atoms with Crippen molar-refractivity contribution in [2.24, 2.45) is 0 Å². The summed E-state index contributed by atoms with van der Waals surface area (Å²) in [6.07, 6.45) is 4.29. The third-order valence-electron chi connectivity index (χ3n) is 6.07. The number of benzene rings is 1. The first-order valence-electron chi connectivity index (χ1n) is 10.8. The van der Waals surface area contributed by atoms with E-state index >= 15 is 0 Å². The topological polar surface area (TPSA) is 46.0 Å². The van der Waals surface area contributed by atoms with Crippen molar-refractivity contribution in [3.8, 4) is 11.3 Å². The fourth-order valence-electron chi connectivity index (χ4n) is 3.96. The Morgan fingerprint density at radius 2 is 1.77 bits per heavy atom. The van der Waals surface area contributed by atoms with Crippen LogP contribution < -0.4 is 0 Å². The Hall–Kier alpha value is -2.66. The van der Waals surface area contributed by atoms with Crippen LogP contribution in [0.5, 0.6) is 0 Å². The quantitative estimate of drug-likeness (QED) is 0.471. The van der Waals surface area contributed by atoms with Gasteiger partial charge in [-0.1, -0.05) is 33.8 Å². The lowest BCUT2D eigenvalue weighted by Crippen LogP contribution is -2.12. The first kappa shape index (κ1) is 23.0. The second-order valence-corrected chi connectivity index (χ2v) is 8.45. The lowest BCUT2D eigenvalue weighted by atomic mass is 9.87. The van der Waals surface area contributed by atoms with Crippen LogP contribution in [0.1, 0.15) is 79.8 Å². The highest BCUT2D eigenvalue weighted by Gasteiger charge is 2.23. The minimum atomic E-state index is -0.633. The molecule has 2 aromatic heterocycles. The van der Waals surface area contributed by atoms with Crippen molar-refractivity contribution in [2.45, 2.75) is 58.8 Å². The van der Waals surface area contributed by atoms with Crippen LogP contribution in [0, 0.1) is 18.6 Å². The molecule has 1 aromatic carbocycles. The second-order valence-electron chi connectivity index (χ2n) is 8.45. The Morgan fingerprint density at radius 1 is 1.03 bits per heavy atom. The van der Waals surface area contributed by atoms with E-state index in [1.54, 1.807) is 18.5 Å². The molecule has 0 saturated heterocycles. The standard InChI is InChI=1S/C26H30F2N2O/c1-6-16(4)20-11-25(22(14-31)18-8-7-9-29-13-18)30-26(17(20)5)21-10-19(15(2)3)23(27)12-24(21)28/h7-13,15-16,22,31H,6,14H2,1-5H3. The Labute approximate surface area is 183 Å². The van der Waals surface area contributed by atoms with E-state index in [0.29, 0.717) is 17.0 Å². The van der Waals surface area contributed by atoms with Gasteiger partial charge in [0.15, 0.2) is 0 Å². The highest BCUT2D eigenvalue weighted by atomic mass is 19.1. The van der Waals surface area contributed by atoms with Crippen LogP contribution in [0.15, 0.2) is 42.7 Å². The Kier molecular flexibility index (Phi) is 7.16. The lowest BCUT2D eigenvalue weighted by molar-refractivity contribution is 0.278. The van der Waals surface area contributed by atoms with Gasteiger partial charge < -0.3 is 5.11 Å². The monoisotopic (exact) mass is 424 g/mol. The Balaban J connectivity index is 2.28. The maximum atomic E-state index is 15.0. The van der Waals surface area contributed by atoms with Gasteiger partial charge in [-0.3, -0.25) is 9.97 Å². The van der Waals surface area contributed by atoms with Gasteiger partial charge >= 0.3 is 0 Å². The van der Waals surface area contributed by atoms with Crippen LogP contribution in [0.25, 0.3) is 11.3 Å². The molecule has 5 heteroatoms. The zero-order valence-electron chi connectivity index (χ0n) is 18.8. The summed E-state index contributed by atoms with van der Waals surface area (Å²) in [5.74, 6) is -1.43. The van der Waals surface area contributed by atoms with Crippen molar-refractivity contribution in [2.75, 3.05) is 6.61 Å². The van der Waals surface area contributed by atoms with Crippen LogP contribution >= 0.6 is 0 Å². The van der Waals surface area contributed by atoms with Gasteiger partial charge in [0.1, 0.15) is 11.6 Å². The summed E-state index contributed by atoms with van der Waals surface area (Å²) in [6, 6.07) is 8.25. The van der Waals surface area contributed by atoms with Crippen LogP contribution in [0.2, 0.25) is 0 Å². The molecular weight excluding hydrogens is 394 g/mol. The van der Waals surface area contributed by atoms with Gasteiger partial charge in [-0.05, 0) is 65.6 Å². The lowest BCUT2D eigenvalue weighted by Gasteiger charge is -2.22. The van der Waals surface area contributed by atoms with Crippen molar-refractivity contribution >= 4 is 0 Å². The van der Waals surface area contributed by atoms with Gasteiger partial charge in [0.25, 0.3) is 0 Å². The third-order valence-corrected chi connectivity index (χ3v) is 6.07. The van der Waals surface area contributed by atoms with Gasteiger partial charge in [0, 0.05) is 24.0 Å². The number of halogens is 2. The number of aromatic nitrogens is 2. The maximum Gasteiger partial charge on any atom is 0.135 e. The van der Waals surface area contributed by atoms with E-state index in [2.05, 4.69) is 18.8 Å². The minimum Gasteiger partial charge on any atom is -0.395 e. The number of hydrogen-bond donors (Lipinski definition) is 1. The van der Waals surface area contributed by atoms with Gasteiger partial charge in [-0.25, -0.2) is 8.78 Å². The molecule has 3 aromatic rings. The van der Waals surface area contributed by atoms with E-state index in [4.69, 9.17) is 4.98 Å². The molecule has 0 fully saturated rings. The number of pyridine rings is 2. The molecule has 3 nitrogen and oxygen atoms in total. The smallest absolute Gasteiger partial charge is 0.135 e. The predicted molar refractivity (Wildman–Crippen MR) is 120 cm³/mol. The van der Waals surface area contributed by atoms with Gasteiger partial charge in [-0.2, -0.15) is 0 Å². The Bertz CT molecular complexity index is 1050. The number of rotatable bonds is 7. The molecular formula is C26H30F2N2O. The number of nitrogens with zero attached hydrogens (tertiary/aromatic N) is 2. The average Bonchev–Trinajstić information content (AvgIpc) is 2.75. The summed E-state index contributed by atoms with van der Waals surface area (Å²) in [6.45, 7) is 9.77. The van der Waals surface area contributed by atoms with E-state index in [1.807, 2.05) is 39.0 Å². The highest BCUT2D eigenvalue weighted by molar-refractivity contribution is 5.67. The molecule has 0 bridgehead atoms. The van der Waals surface area contributed by atoms with E-state index in [0.717, 1.165) is 29.2 Å². The number of hydrogen-bond acceptors (Lipinski definition) is 3. The number of aliphatic hydroxyl groups is 1. The molecule has 3 rings (SSSR count). The van der Waals surface area contributed by atoms with E-state index in [1.165, 1.54) is 0 Å². The van der Waals surface area contributed by atoms with Crippen molar-refractivity contribution in [1.29, 1.82) is 0 Å². The molecule has 164 valence electrons. The Morgan fingerprint density at radius 3 is 2.35 bits per heavy atom. The molecule has 31 heavy (non-hydrogen) atoms. The average molecular weight is 425 g/mol. The first-order valence-corrected chi connectivity index (χ1v) is 10.8. The van der Waals surface area contributed by atoms with Crippen molar-refractivity contribution in [1.82, 2.24) is 9.97 Å². The number of aliphatic hydroxyl groups excluding tert-OH is 1. The van der Waals surface area contributed by atoms with Crippen LogP contribution in [-0.2, 0) is 0 Å². The zero-order chi connectivity index (χ0) is 22.7. The normalized spacial score (nSPS) is 13.5. The molecule has 0 aliphatic carbocycles. The maximum absolute atomic E-state index is 15.0. The summed E-state index contributed by atoms with van der Waals surface area (Å²) in [5, 5.41) is 10.2. The molecule has 0 amide bonds. The summed E-state index contributed by atoms with van der Waals surface area (Å²) in [7, 11) is 0. The van der Waals surface area contributed by atoms with Gasteiger partial charge in [0.05, 0.1) is 23.9 Å². The molecule has 1 N–H and O–H groups in total. The molecule has 2 unspecified atom stereocenters. The van der Waals surface area contributed by atoms with Gasteiger partial charge in [-0.15, -0.1) is 0 Å². The molecule has 0 spiro atoms. The summed E-state index contributed by atoms with van der Waals surface area (Å²) < 4.78 is 29.3. The van der Waals surface area contributed by atoms with Crippen LogP contribution in [-0.4, -0.2) is 21.7 Å². The SMILES string of the molecule is CCC(C)c1cc(C(CO)c2cccnc2)nc(-c2cc(C(C)C)c(F)cc2F)c1C. The fraction of sp³-hybridized carbons (Fsp3) is 0.385. The van der Waals surface area contributed by atoms with Crippen LogP contribution in [0.3, 0.4) is 0 Å². The summed E-state index contributed by atoms with van der Waals surface area (Å²) in [5.41, 5.74) is 4.66. The summed E-state index contributed by atoms with van der Waals surface area (Å²) in [4.78, 5) is 8.97. The van der Waals surface area contributed by atoms with Crippen molar-refractivity contribution in [3.05, 3.63) is 82.3 Å². The third kappa shape index (κ3) is 4.67. The van der Waals surface area contributed by atoms with Crippen molar-refractivity contribution in [3.63, 3.8) is 0 Å². The largest absolute Gasteiger partial charge is 0.395 e. The summed E-state index contributed by atoms with van der Waals surface area (Å²) >= 11 is 0. The van der Waals surface area contributed by atoms with E-state index < -0.39 is 11.6 Å². The fourth-order valence-corrected chi connectivity index (χ4v) is 3.96. The molecule has 0 aliphatic heterocycles. The zero-order valence-corrected chi connectivity index (χ0v) is 18.8. The highest BCUT2D eigenvalue weighted by Crippen LogP contribution is 2.36. The first-order chi connectivity index (χ1) is 14.8. The van der Waals surface area contributed by atoms with Crippen molar-refractivity contribution < 1.29 is 13.9 Å². The molecule has 0 aliphatic rings. The molecule has 2 heterocycles.